The summed E-state index contributed by atoms with van der Waals surface area (Å²) >= 11 is 0. The zero-order valence-corrected chi connectivity index (χ0v) is 64.6. The number of morpholine rings is 1. The number of nitrogens with zero attached hydrogens (tertiary/aromatic N) is 12. The molecule has 0 saturated carbocycles. The molecule has 9 aromatic heterocycles. The van der Waals surface area contributed by atoms with Crippen molar-refractivity contribution in [3.05, 3.63) is 231 Å². The molecule has 3 atom stereocenters. The smallest absolute Gasteiger partial charge is 0.261 e. The van der Waals surface area contributed by atoms with Crippen LogP contribution in [-0.4, -0.2) is 179 Å². The van der Waals surface area contributed by atoms with E-state index in [1.807, 2.05) is 71.1 Å². The number of nitrogens with one attached hydrogen (secondary N) is 6. The van der Waals surface area contributed by atoms with E-state index in [2.05, 4.69) is 57.8 Å². The Kier molecular flexibility index (Phi) is 20.9. The van der Waals surface area contributed by atoms with Gasteiger partial charge in [-0.25, -0.2) is 60.6 Å². The van der Waals surface area contributed by atoms with E-state index in [0.717, 1.165) is 144 Å². The molecule has 3 aromatic carbocycles. The molecular weight excluding hydrogens is 1540 g/mol. The van der Waals surface area contributed by atoms with E-state index in [-0.39, 0.29) is 72.9 Å². The third-order valence-electron chi connectivity index (χ3n) is 23.8. The van der Waals surface area contributed by atoms with Crippen molar-refractivity contribution in [1.82, 2.24) is 73.8 Å². The third kappa shape index (κ3) is 15.8. The minimum absolute atomic E-state index is 0.137. The van der Waals surface area contributed by atoms with Gasteiger partial charge in [0.2, 0.25) is 0 Å². The largest absolute Gasteiger partial charge is 0.381 e. The lowest BCUT2D eigenvalue weighted by Crippen LogP contribution is -2.36. The number of amides is 3. The number of carbonyl (C=O) groups is 3. The molecule has 0 bridgehead atoms. The topological polar surface area (TPSA) is 261 Å². The van der Waals surface area contributed by atoms with Crippen LogP contribution >= 0.6 is 0 Å². The molecule has 21 rings (SSSR count). The Labute approximate surface area is 677 Å². The fourth-order valence-corrected chi connectivity index (χ4v) is 17.8. The van der Waals surface area contributed by atoms with Crippen LogP contribution in [-0.2, 0) is 58.2 Å². The van der Waals surface area contributed by atoms with Crippen molar-refractivity contribution in [2.75, 3.05) is 108 Å². The first kappa shape index (κ1) is 77.2. The SMILES string of the molecule is O=C1NCc2c(-c3cnc4cc(F)ccn34)ccc(Nc3ccc([C@@H]4CCOC4)c(CN4CCC(F)(F)C4)n3)c21.O=C1NCc2c(-c3cnc4cc(F)ccn34)ccc(Nc3ccc([C@H]4CCOC4)c(CN4CCC(F)(F)C4)n3)c21.O=C1NCc2c(-c3cnc4cc(F)ccn34)ccc(Nc3ccc([C@H]4CCOC4)c(CN4CCOCC4)n3)c21. The highest BCUT2D eigenvalue weighted by atomic mass is 19.3. The highest BCUT2D eigenvalue weighted by Crippen LogP contribution is 2.43. The fourth-order valence-electron chi connectivity index (χ4n) is 17.8. The van der Waals surface area contributed by atoms with Gasteiger partial charge in [-0.15, -0.1) is 0 Å². The van der Waals surface area contributed by atoms with Crippen LogP contribution < -0.4 is 31.9 Å². The van der Waals surface area contributed by atoms with Crippen LogP contribution in [0.5, 0.6) is 0 Å². The second-order valence-corrected chi connectivity index (χ2v) is 31.5. The molecule has 6 N–H and O–H groups in total. The van der Waals surface area contributed by atoms with Crippen LogP contribution in [0.15, 0.2) is 146 Å². The number of aromatic nitrogens is 9. The zero-order chi connectivity index (χ0) is 81.2. The molecule has 0 aliphatic carbocycles. The van der Waals surface area contributed by atoms with Crippen LogP contribution in [0.3, 0.4) is 0 Å². The number of ether oxygens (including phenoxy) is 4. The van der Waals surface area contributed by atoms with Crippen molar-refractivity contribution in [1.29, 1.82) is 0 Å². The number of imidazole rings is 3. The summed E-state index contributed by atoms with van der Waals surface area (Å²) in [5.41, 5.74) is 18.0. The molecule has 12 aromatic rings. The van der Waals surface area contributed by atoms with Crippen LogP contribution in [0, 0.1) is 17.5 Å². The standard InChI is InChI=1S/2C29H27F3N6O2.C29H29FN6O3/c2*30-18-5-8-38-24(13-33-26(38)11-18)20-1-3-22(27-21(20)12-34-28(27)39)35-25-4-2-19(17-6-10-40-15-17)23(36-25)14-37-9-7-29(31,32)16-37;30-19-5-7-36-25(15-31-27(36)13-19)21-1-3-23(28-22(21)14-32-29(28)37)33-26-4-2-20(18-6-10-39-17-18)24(34-26)16-35-8-11-38-12-9-35/h2*1-5,8,11,13,17H,6-7,9-10,12,14-16H2,(H,34,39)(H,35,36);1-5,7,13,15,18H,6,8-12,14,16-17H2,(H,32,37)(H,33,34)/t2*17-;18-/m100/s1. The summed E-state index contributed by atoms with van der Waals surface area (Å²) in [5, 5.41) is 18.8. The predicted octanol–water partition coefficient (Wildman–Crippen LogP) is 13.6. The maximum atomic E-state index is 13.9. The monoisotopic (exact) mass is 1620 g/mol. The van der Waals surface area contributed by atoms with Gasteiger partial charge in [-0.1, -0.05) is 36.4 Å². The number of benzene rings is 3. The average Bonchev–Trinajstić information content (AvgIpc) is 1.62. The van der Waals surface area contributed by atoms with E-state index in [0.29, 0.717) is 146 Å². The molecule has 6 fully saturated rings. The van der Waals surface area contributed by atoms with Crippen molar-refractivity contribution >= 4 is 69.2 Å². The van der Waals surface area contributed by atoms with Gasteiger partial charge in [-0.2, -0.15) is 0 Å². The molecule has 25 nitrogen and oxygen atoms in total. The van der Waals surface area contributed by atoms with Gasteiger partial charge >= 0.3 is 0 Å². The number of carbonyl (C=O) groups excluding carboxylic acids is 3. The van der Waals surface area contributed by atoms with Crippen LogP contribution in [0.1, 0.15) is 131 Å². The lowest BCUT2D eigenvalue weighted by molar-refractivity contribution is 0.0107. The van der Waals surface area contributed by atoms with Crippen molar-refractivity contribution in [2.24, 2.45) is 0 Å². The molecular formula is C87H83F7N18O7. The van der Waals surface area contributed by atoms with Crippen LogP contribution in [0.25, 0.3) is 50.7 Å². The van der Waals surface area contributed by atoms with Gasteiger partial charge < -0.3 is 50.8 Å². The number of halogens is 7. The van der Waals surface area contributed by atoms with Crippen molar-refractivity contribution in [3.8, 4) is 33.8 Å². The molecule has 119 heavy (non-hydrogen) atoms. The van der Waals surface area contributed by atoms with E-state index in [1.54, 1.807) is 55.8 Å². The lowest BCUT2D eigenvalue weighted by atomic mass is 9.96. The number of anilines is 6. The second-order valence-electron chi connectivity index (χ2n) is 31.5. The number of likely N-dealkylation sites (tertiary alicyclic amines) is 2. The summed E-state index contributed by atoms with van der Waals surface area (Å²) < 4.78 is 125. The summed E-state index contributed by atoms with van der Waals surface area (Å²) in [6.45, 7) is 9.78. The van der Waals surface area contributed by atoms with Gasteiger partial charge in [0.15, 0.2) is 0 Å². The lowest BCUT2D eigenvalue weighted by Gasteiger charge is -2.27. The first-order valence-corrected chi connectivity index (χ1v) is 40.1. The van der Waals surface area contributed by atoms with Gasteiger partial charge in [0.25, 0.3) is 29.6 Å². The highest BCUT2D eigenvalue weighted by Gasteiger charge is 2.41. The number of fused-ring (bicyclic) bond motifs is 6. The first-order chi connectivity index (χ1) is 57.8. The van der Waals surface area contributed by atoms with Crippen molar-refractivity contribution < 1.29 is 64.1 Å². The number of alkyl halides is 4. The van der Waals surface area contributed by atoms with Gasteiger partial charge in [0.05, 0.1) is 133 Å². The Bertz CT molecular complexity index is 5720. The number of hydrogen-bond donors (Lipinski definition) is 6. The molecule has 18 heterocycles. The molecule has 3 amide bonds. The summed E-state index contributed by atoms with van der Waals surface area (Å²) in [6, 6.07) is 31.4. The second kappa shape index (κ2) is 32.2. The number of pyridine rings is 6. The quantitative estimate of drug-likeness (QED) is 0.0436. The van der Waals surface area contributed by atoms with E-state index >= 15 is 0 Å². The van der Waals surface area contributed by atoms with Crippen LogP contribution in [0.2, 0.25) is 0 Å². The molecule has 0 spiro atoms. The van der Waals surface area contributed by atoms with Crippen molar-refractivity contribution in [3.63, 3.8) is 0 Å². The molecule has 612 valence electrons. The van der Waals surface area contributed by atoms with E-state index in [4.69, 9.17) is 33.9 Å². The first-order valence-electron chi connectivity index (χ1n) is 40.1. The van der Waals surface area contributed by atoms with E-state index in [1.165, 1.54) is 42.0 Å². The fraction of sp³-hybridized carbons (Fsp3) is 0.345. The number of rotatable bonds is 18. The summed E-state index contributed by atoms with van der Waals surface area (Å²) in [6.07, 6.45) is 12.4. The Morgan fingerprint density at radius 2 is 0.739 bits per heavy atom. The number of hydrogen-bond acceptors (Lipinski definition) is 19. The van der Waals surface area contributed by atoms with Gasteiger partial charge in [-0.3, -0.25) is 42.3 Å². The van der Waals surface area contributed by atoms with Crippen LogP contribution in [0.4, 0.5) is 65.2 Å². The summed E-state index contributed by atoms with van der Waals surface area (Å²) in [5.74, 6) is -4.56. The van der Waals surface area contributed by atoms with E-state index < -0.39 is 11.8 Å². The normalized spacial score (nSPS) is 20.0. The van der Waals surface area contributed by atoms with Gasteiger partial charge in [-0.05, 0) is 107 Å². The summed E-state index contributed by atoms with van der Waals surface area (Å²) in [7, 11) is 0. The molecule has 0 radical (unpaired) electrons. The zero-order valence-electron chi connectivity index (χ0n) is 64.6. The average molecular weight is 1630 g/mol. The third-order valence-corrected chi connectivity index (χ3v) is 23.8. The molecule has 0 unspecified atom stereocenters. The summed E-state index contributed by atoms with van der Waals surface area (Å²) in [4.78, 5) is 72.5. The van der Waals surface area contributed by atoms with Crippen molar-refractivity contribution in [2.45, 2.75) is 101 Å². The molecule has 9 aliphatic rings. The van der Waals surface area contributed by atoms with Gasteiger partial charge in [0.1, 0.15) is 51.8 Å². The predicted molar refractivity (Wildman–Crippen MR) is 428 cm³/mol. The Morgan fingerprint density at radius 1 is 0.403 bits per heavy atom. The maximum Gasteiger partial charge on any atom is 0.261 e. The molecule has 6 saturated heterocycles. The van der Waals surface area contributed by atoms with Gasteiger partial charge in [0, 0.05) is 169 Å². The van der Waals surface area contributed by atoms with E-state index in [9.17, 15) is 45.1 Å². The Hall–Kier alpha value is -11.8. The Balaban J connectivity index is 0.000000118. The minimum atomic E-state index is -2.68. The molecule has 9 aliphatic heterocycles. The molecule has 32 heteroatoms. The minimum Gasteiger partial charge on any atom is -0.381 e. The Morgan fingerprint density at radius 3 is 1.05 bits per heavy atom. The maximum absolute atomic E-state index is 13.9. The highest BCUT2D eigenvalue weighted by molar-refractivity contribution is 6.08.